The van der Waals surface area contributed by atoms with E-state index in [9.17, 15) is 4.79 Å². The summed E-state index contributed by atoms with van der Waals surface area (Å²) in [5.74, 6) is 0.674. The van der Waals surface area contributed by atoms with Gasteiger partial charge in [0.05, 0.1) is 5.56 Å². The highest BCUT2D eigenvalue weighted by Crippen LogP contribution is 2.20. The number of hydrogen-bond acceptors (Lipinski definition) is 2. The maximum atomic E-state index is 12.1. The van der Waals surface area contributed by atoms with Crippen LogP contribution in [0.4, 0.5) is 0 Å². The summed E-state index contributed by atoms with van der Waals surface area (Å²) in [6.07, 6.45) is 3.37. The van der Waals surface area contributed by atoms with Gasteiger partial charge in [-0.25, -0.2) is 0 Å². The van der Waals surface area contributed by atoms with E-state index in [-0.39, 0.29) is 11.9 Å². The third-order valence-electron chi connectivity index (χ3n) is 3.00. The fraction of sp³-hybridized carbons (Fsp3) is 0.533. The van der Waals surface area contributed by atoms with Gasteiger partial charge in [0.2, 0.25) is 0 Å². The lowest BCUT2D eigenvalue weighted by Gasteiger charge is -2.15. The fourth-order valence-electron chi connectivity index (χ4n) is 1.90. The van der Waals surface area contributed by atoms with Gasteiger partial charge < -0.3 is 5.32 Å². The Hall–Kier alpha value is -0.480. The van der Waals surface area contributed by atoms with E-state index in [2.05, 4.69) is 54.6 Å². The second-order valence-corrected chi connectivity index (χ2v) is 6.76. The highest BCUT2D eigenvalue weighted by molar-refractivity contribution is 9.10. The first-order chi connectivity index (χ1) is 8.90. The van der Waals surface area contributed by atoms with Gasteiger partial charge in [-0.1, -0.05) is 42.6 Å². The van der Waals surface area contributed by atoms with Crippen LogP contribution >= 0.6 is 28.6 Å². The van der Waals surface area contributed by atoms with Crippen molar-refractivity contribution in [1.82, 2.24) is 5.32 Å². The van der Waals surface area contributed by atoms with E-state index in [4.69, 9.17) is 0 Å². The fourth-order valence-corrected chi connectivity index (χ4v) is 2.76. The standard InChI is InChI=1S/C15H22BrNOS/c1-10(2)5-4-6-11(3)17-15(18)13-8-7-12(16)9-14(13)19/h7-11,19H,4-6H2,1-3H3,(H,17,18). The lowest BCUT2D eigenvalue weighted by Crippen LogP contribution is -2.32. The maximum Gasteiger partial charge on any atom is 0.252 e. The monoisotopic (exact) mass is 343 g/mol. The van der Waals surface area contributed by atoms with Gasteiger partial charge in [-0.15, -0.1) is 12.6 Å². The minimum atomic E-state index is -0.0467. The van der Waals surface area contributed by atoms with E-state index in [1.807, 2.05) is 12.1 Å². The summed E-state index contributed by atoms with van der Waals surface area (Å²) in [5, 5.41) is 3.03. The summed E-state index contributed by atoms with van der Waals surface area (Å²) in [4.78, 5) is 12.8. The van der Waals surface area contributed by atoms with Gasteiger partial charge in [-0.05, 0) is 37.5 Å². The van der Waals surface area contributed by atoms with E-state index in [1.54, 1.807) is 6.07 Å². The molecule has 0 spiro atoms. The predicted octanol–water partition coefficient (Wildman–Crippen LogP) is 4.68. The van der Waals surface area contributed by atoms with Crippen LogP contribution in [0.5, 0.6) is 0 Å². The Morgan fingerprint density at radius 3 is 2.58 bits per heavy atom. The van der Waals surface area contributed by atoms with E-state index < -0.39 is 0 Å². The van der Waals surface area contributed by atoms with Crippen molar-refractivity contribution in [2.24, 2.45) is 5.92 Å². The molecule has 0 fully saturated rings. The summed E-state index contributed by atoms with van der Waals surface area (Å²) in [7, 11) is 0. The molecule has 19 heavy (non-hydrogen) atoms. The van der Waals surface area contributed by atoms with E-state index >= 15 is 0 Å². The largest absolute Gasteiger partial charge is 0.350 e. The zero-order valence-corrected chi connectivity index (χ0v) is 14.2. The molecule has 1 unspecified atom stereocenters. The molecule has 1 atom stereocenters. The van der Waals surface area contributed by atoms with Gasteiger partial charge in [-0.3, -0.25) is 4.79 Å². The number of amides is 1. The third-order valence-corrected chi connectivity index (χ3v) is 3.86. The molecule has 1 N–H and O–H groups in total. The first kappa shape index (κ1) is 16.6. The van der Waals surface area contributed by atoms with Crippen molar-refractivity contribution in [3.63, 3.8) is 0 Å². The first-order valence-corrected chi connectivity index (χ1v) is 7.93. The number of rotatable bonds is 6. The Balaban J connectivity index is 2.50. The molecule has 106 valence electrons. The highest BCUT2D eigenvalue weighted by atomic mass is 79.9. The van der Waals surface area contributed by atoms with Crippen LogP contribution in [0.2, 0.25) is 0 Å². The summed E-state index contributed by atoms with van der Waals surface area (Å²) >= 11 is 7.70. The SMILES string of the molecule is CC(C)CCCC(C)NC(=O)c1ccc(Br)cc1S. The molecule has 0 aliphatic carbocycles. The predicted molar refractivity (Wildman–Crippen MR) is 87.0 cm³/mol. The normalized spacial score (nSPS) is 12.5. The van der Waals surface area contributed by atoms with Crippen LogP contribution in [0.3, 0.4) is 0 Å². The molecule has 2 nitrogen and oxygen atoms in total. The molecule has 0 aromatic heterocycles. The Morgan fingerprint density at radius 1 is 1.32 bits per heavy atom. The smallest absolute Gasteiger partial charge is 0.252 e. The Kier molecular flexibility index (Phi) is 6.94. The molecule has 0 aliphatic heterocycles. The molecule has 0 saturated carbocycles. The molecule has 0 saturated heterocycles. The summed E-state index contributed by atoms with van der Waals surface area (Å²) in [5.41, 5.74) is 0.627. The van der Waals surface area contributed by atoms with Crippen LogP contribution in [-0.2, 0) is 0 Å². The van der Waals surface area contributed by atoms with Gasteiger partial charge in [0, 0.05) is 15.4 Å². The molecule has 0 heterocycles. The molecular formula is C15H22BrNOS. The highest BCUT2D eigenvalue weighted by Gasteiger charge is 2.12. The number of nitrogens with one attached hydrogen (secondary N) is 1. The average molecular weight is 344 g/mol. The average Bonchev–Trinajstić information content (AvgIpc) is 2.27. The number of halogens is 1. The van der Waals surface area contributed by atoms with Gasteiger partial charge >= 0.3 is 0 Å². The Bertz CT molecular complexity index is 434. The number of benzene rings is 1. The maximum absolute atomic E-state index is 12.1. The summed E-state index contributed by atoms with van der Waals surface area (Å²) < 4.78 is 0.930. The van der Waals surface area contributed by atoms with Crippen LogP contribution < -0.4 is 5.32 Å². The van der Waals surface area contributed by atoms with Gasteiger partial charge in [-0.2, -0.15) is 0 Å². The van der Waals surface area contributed by atoms with Crippen LogP contribution in [0.1, 0.15) is 50.4 Å². The van der Waals surface area contributed by atoms with E-state index in [0.29, 0.717) is 10.5 Å². The number of hydrogen-bond donors (Lipinski definition) is 2. The molecule has 1 amide bonds. The van der Waals surface area contributed by atoms with Crippen molar-refractivity contribution in [3.05, 3.63) is 28.2 Å². The Morgan fingerprint density at radius 2 is 2.00 bits per heavy atom. The molecule has 0 radical (unpaired) electrons. The number of carbonyl (C=O) groups is 1. The van der Waals surface area contributed by atoms with Crippen molar-refractivity contribution in [2.45, 2.75) is 51.0 Å². The third kappa shape index (κ3) is 6.00. The first-order valence-electron chi connectivity index (χ1n) is 6.69. The number of carbonyl (C=O) groups excluding carboxylic acids is 1. The van der Waals surface area contributed by atoms with Gasteiger partial charge in [0.15, 0.2) is 0 Å². The van der Waals surface area contributed by atoms with Crippen LogP contribution in [0.15, 0.2) is 27.6 Å². The molecule has 0 aliphatic rings. The van der Waals surface area contributed by atoms with Crippen molar-refractivity contribution < 1.29 is 4.79 Å². The topological polar surface area (TPSA) is 29.1 Å². The Labute approximate surface area is 129 Å². The number of thiol groups is 1. The molecule has 4 heteroatoms. The van der Waals surface area contributed by atoms with Crippen LogP contribution in [-0.4, -0.2) is 11.9 Å². The molecule has 1 aromatic carbocycles. The summed E-state index contributed by atoms with van der Waals surface area (Å²) in [6.45, 7) is 6.49. The molecule has 0 bridgehead atoms. The summed E-state index contributed by atoms with van der Waals surface area (Å²) in [6, 6.07) is 5.69. The van der Waals surface area contributed by atoms with E-state index in [0.717, 1.165) is 23.2 Å². The van der Waals surface area contributed by atoms with Crippen molar-refractivity contribution in [2.75, 3.05) is 0 Å². The van der Waals surface area contributed by atoms with Crippen molar-refractivity contribution in [3.8, 4) is 0 Å². The quantitative estimate of drug-likeness (QED) is 0.721. The lowest BCUT2D eigenvalue weighted by atomic mass is 10.0. The molecule has 1 rings (SSSR count). The molecule has 1 aromatic rings. The molecular weight excluding hydrogens is 322 g/mol. The van der Waals surface area contributed by atoms with Crippen molar-refractivity contribution in [1.29, 1.82) is 0 Å². The van der Waals surface area contributed by atoms with Crippen LogP contribution in [0.25, 0.3) is 0 Å². The van der Waals surface area contributed by atoms with Gasteiger partial charge in [0.1, 0.15) is 0 Å². The van der Waals surface area contributed by atoms with E-state index in [1.165, 1.54) is 6.42 Å². The second-order valence-electron chi connectivity index (χ2n) is 5.36. The minimum absolute atomic E-state index is 0.0467. The zero-order chi connectivity index (χ0) is 14.4. The van der Waals surface area contributed by atoms with Crippen LogP contribution in [0, 0.1) is 5.92 Å². The lowest BCUT2D eigenvalue weighted by molar-refractivity contribution is 0.0935. The minimum Gasteiger partial charge on any atom is -0.350 e. The van der Waals surface area contributed by atoms with Gasteiger partial charge in [0.25, 0.3) is 5.91 Å². The van der Waals surface area contributed by atoms with Crippen molar-refractivity contribution >= 4 is 34.5 Å². The zero-order valence-electron chi connectivity index (χ0n) is 11.7. The second kappa shape index (κ2) is 7.95.